The van der Waals surface area contributed by atoms with Crippen molar-refractivity contribution in [1.29, 1.82) is 1.43 Å². The van der Waals surface area contributed by atoms with Crippen LogP contribution in [0.4, 0.5) is 5.95 Å². The molecule has 10 heteroatoms. The topological polar surface area (TPSA) is 129 Å². The Labute approximate surface area is 132 Å². The molecular formula is C13H18N6O4. The first-order valence-corrected chi connectivity index (χ1v) is 7.09. The Kier molecular flexibility index (Phi) is 3.77. The minimum atomic E-state index is -0.784. The Hall–Kier alpha value is -2.30. The number of nitrogens with one attached hydrogen (secondary N) is 1. The summed E-state index contributed by atoms with van der Waals surface area (Å²) in [7, 11) is 3.60. The van der Waals surface area contributed by atoms with Crippen molar-refractivity contribution < 1.29 is 15.0 Å². The molecule has 3 N–H and O–H groups in total. The molecule has 1 fully saturated rings. The van der Waals surface area contributed by atoms with Gasteiger partial charge in [-0.05, 0) is 0 Å². The fraction of sp³-hybridized carbons (Fsp3) is 0.538. The van der Waals surface area contributed by atoms with Gasteiger partial charge >= 0.3 is 0 Å². The molecule has 0 spiro atoms. The van der Waals surface area contributed by atoms with E-state index in [0.717, 1.165) is 0 Å². The number of ether oxygens (including phenoxy) is 1. The van der Waals surface area contributed by atoms with E-state index in [2.05, 4.69) is 25.2 Å². The lowest BCUT2D eigenvalue weighted by Gasteiger charge is -2.12. The number of fused-ring (bicyclic) bond motifs is 1. The summed E-state index contributed by atoms with van der Waals surface area (Å²) in [5, 5.41) is 18.7. The van der Waals surface area contributed by atoms with Crippen LogP contribution in [0, 0.1) is 0 Å². The van der Waals surface area contributed by atoms with E-state index >= 15 is 0 Å². The Morgan fingerprint density at radius 3 is 3.26 bits per heavy atom. The van der Waals surface area contributed by atoms with Crippen molar-refractivity contribution >= 4 is 23.3 Å². The second kappa shape index (κ2) is 6.07. The summed E-state index contributed by atoms with van der Waals surface area (Å²) in [4.78, 5) is 24.8. The molecular weight excluding hydrogens is 304 g/mol. The van der Waals surface area contributed by atoms with Crippen LogP contribution in [-0.2, 0) is 4.74 Å². The predicted molar refractivity (Wildman–Crippen MR) is 81.6 cm³/mol. The molecule has 3 heterocycles. The van der Waals surface area contributed by atoms with Gasteiger partial charge in [-0.1, -0.05) is 0 Å². The molecule has 1 aliphatic rings. The van der Waals surface area contributed by atoms with Crippen molar-refractivity contribution in [2.45, 2.75) is 24.9 Å². The van der Waals surface area contributed by atoms with Crippen LogP contribution in [0.25, 0.3) is 11.0 Å². The number of rotatable bonds is 5. The smallest absolute Gasteiger partial charge is 0.263 e. The molecule has 0 radical (unpaired) electrons. The van der Waals surface area contributed by atoms with Crippen molar-refractivity contribution in [3.8, 4) is 0 Å². The highest BCUT2D eigenvalue weighted by Crippen LogP contribution is 2.29. The van der Waals surface area contributed by atoms with Crippen molar-refractivity contribution in [3.05, 3.63) is 16.6 Å². The van der Waals surface area contributed by atoms with Gasteiger partial charge in [0.05, 0.1) is 25.2 Å². The van der Waals surface area contributed by atoms with Gasteiger partial charge in [0.25, 0.3) is 5.56 Å². The summed E-state index contributed by atoms with van der Waals surface area (Å²) < 4.78 is 13.9. The number of hydrogen-bond donors (Lipinski definition) is 3. The molecule has 0 aromatic carbocycles. The van der Waals surface area contributed by atoms with Gasteiger partial charge in [-0.15, -0.1) is 0 Å². The van der Waals surface area contributed by atoms with Crippen LogP contribution < -0.4 is 5.56 Å². The molecule has 1 saturated heterocycles. The lowest BCUT2D eigenvalue weighted by Crippen LogP contribution is -2.24. The number of hydrogen-bond acceptors (Lipinski definition) is 7. The first kappa shape index (κ1) is 14.3. The van der Waals surface area contributed by atoms with Gasteiger partial charge in [0, 0.05) is 20.5 Å². The molecule has 3 rings (SSSR count). The van der Waals surface area contributed by atoms with Crippen molar-refractivity contribution in [2.75, 3.05) is 20.7 Å². The quantitative estimate of drug-likeness (QED) is 0.474. The molecule has 2 aromatic rings. The monoisotopic (exact) mass is 324 g/mol. The highest BCUT2D eigenvalue weighted by Gasteiger charge is 2.35. The van der Waals surface area contributed by atoms with Gasteiger partial charge in [-0.2, -0.15) is 10.1 Å². The molecule has 124 valence electrons. The standard InChI is InChI=1S/C13H18N6O4/c1-18(2)6-14-13-16-11-7(12(22)17-13)4-15-19(11)10-3-8(21)9(5-20)23-10/h4,6,8-10,20-21H,3,5H2,1-2H3,(H,16,17,22)/b14-6+/t8-,9-,10-/m1/s1/i20T. The third kappa shape index (κ3) is 2.96. The van der Waals surface area contributed by atoms with Crippen LogP contribution in [0.3, 0.4) is 0 Å². The number of aliphatic hydroxyl groups excluding tert-OH is 2. The maximum Gasteiger partial charge on any atom is 0.263 e. The average Bonchev–Trinajstić information content (AvgIpc) is 3.10. The van der Waals surface area contributed by atoms with E-state index in [4.69, 9.17) is 6.17 Å². The fourth-order valence-electron chi connectivity index (χ4n) is 2.38. The molecule has 10 nitrogen and oxygen atoms in total. The van der Waals surface area contributed by atoms with Gasteiger partial charge < -0.3 is 19.9 Å². The molecule has 2 aromatic heterocycles. The molecule has 0 unspecified atom stereocenters. The van der Waals surface area contributed by atoms with Crippen molar-refractivity contribution in [1.82, 2.24) is 24.6 Å². The normalized spacial score (nSPS) is 25.3. The van der Waals surface area contributed by atoms with E-state index in [0.29, 0.717) is 11.0 Å². The lowest BCUT2D eigenvalue weighted by molar-refractivity contribution is -0.0470. The summed E-state index contributed by atoms with van der Waals surface area (Å²) in [6.45, 7) is -0.0523. The van der Waals surface area contributed by atoms with Crippen molar-refractivity contribution in [3.63, 3.8) is 0 Å². The maximum atomic E-state index is 12.1. The zero-order valence-electron chi connectivity index (χ0n) is 13.7. The Morgan fingerprint density at radius 2 is 2.52 bits per heavy atom. The number of aromatic amines is 1. The van der Waals surface area contributed by atoms with Crippen LogP contribution >= 0.6 is 0 Å². The number of nitrogens with zero attached hydrogens (tertiary/aromatic N) is 5. The minimum Gasteiger partial charge on any atom is -0.394 e. The second-order valence-electron chi connectivity index (χ2n) is 5.52. The largest absolute Gasteiger partial charge is 0.394 e. The number of aliphatic imine (C=N–C) groups is 1. The fourth-order valence-corrected chi connectivity index (χ4v) is 2.38. The average molecular weight is 324 g/mol. The summed E-state index contributed by atoms with van der Waals surface area (Å²) in [5.74, 6) is 0.146. The van der Waals surface area contributed by atoms with E-state index < -0.39 is 18.4 Å². The molecule has 0 bridgehead atoms. The molecule has 0 aliphatic carbocycles. The summed E-state index contributed by atoms with van der Waals surface area (Å²) >= 11 is 0. The zero-order valence-corrected chi connectivity index (χ0v) is 12.7. The first-order chi connectivity index (χ1) is 11.5. The predicted octanol–water partition coefficient (Wildman–Crippen LogP) is -1.02. The highest BCUT2D eigenvalue weighted by atomic mass is 16.5. The van der Waals surface area contributed by atoms with Crippen LogP contribution in [0.2, 0.25) is 0 Å². The van der Waals surface area contributed by atoms with E-state index in [1.165, 1.54) is 17.2 Å². The van der Waals surface area contributed by atoms with E-state index in [1.807, 2.05) is 0 Å². The molecule has 23 heavy (non-hydrogen) atoms. The zero-order chi connectivity index (χ0) is 17.3. The van der Waals surface area contributed by atoms with Gasteiger partial charge in [-0.3, -0.25) is 9.78 Å². The van der Waals surface area contributed by atoms with Gasteiger partial charge in [0.15, 0.2) is 11.9 Å². The third-order valence-electron chi connectivity index (χ3n) is 3.50. The summed E-state index contributed by atoms with van der Waals surface area (Å²) in [6.07, 6.45) is 1.16. The molecule has 3 atom stereocenters. The van der Waals surface area contributed by atoms with E-state index in [1.54, 1.807) is 19.0 Å². The second-order valence-corrected chi connectivity index (χ2v) is 5.52. The Balaban J connectivity index is 1.96. The van der Waals surface area contributed by atoms with E-state index in [9.17, 15) is 9.90 Å². The van der Waals surface area contributed by atoms with E-state index in [-0.39, 0.29) is 24.5 Å². The highest BCUT2D eigenvalue weighted by molar-refractivity contribution is 5.74. The van der Waals surface area contributed by atoms with Crippen molar-refractivity contribution in [2.24, 2.45) is 4.99 Å². The lowest BCUT2D eigenvalue weighted by atomic mass is 10.2. The maximum absolute atomic E-state index is 12.1. The first-order valence-electron chi connectivity index (χ1n) is 7.50. The van der Waals surface area contributed by atoms with Crippen LogP contribution in [-0.4, -0.2) is 75.5 Å². The Bertz CT molecular complexity index is 803. The third-order valence-corrected chi connectivity index (χ3v) is 3.50. The SMILES string of the molecule is [3H]OC[C@H]1O[C@@H](n2ncc3c(=O)[nH]c(/N=C/N(C)C)nc32)C[C@H]1O. The number of H-pyrrole nitrogens is 1. The van der Waals surface area contributed by atoms with Gasteiger partial charge in [0.1, 0.15) is 11.5 Å². The van der Waals surface area contributed by atoms with Gasteiger partial charge in [-0.25, -0.2) is 9.67 Å². The van der Waals surface area contributed by atoms with Crippen LogP contribution in [0.5, 0.6) is 0 Å². The van der Waals surface area contributed by atoms with Crippen LogP contribution in [0.15, 0.2) is 16.0 Å². The molecule has 1 aliphatic heterocycles. The summed E-state index contributed by atoms with van der Waals surface area (Å²) in [5.41, 5.74) is -0.0453. The molecule has 0 saturated carbocycles. The molecule has 0 amide bonds. The summed E-state index contributed by atoms with van der Waals surface area (Å²) in [6, 6.07) is 0. The Morgan fingerprint density at radius 1 is 1.70 bits per heavy atom. The minimum absolute atomic E-state index is 0.0523. The number of aliphatic hydroxyl groups is 2. The van der Waals surface area contributed by atoms with Crippen LogP contribution in [0.1, 0.15) is 12.6 Å². The number of aromatic nitrogens is 4. The van der Waals surface area contributed by atoms with Gasteiger partial charge in [0.2, 0.25) is 7.38 Å².